The van der Waals surface area contributed by atoms with E-state index in [0.29, 0.717) is 19.7 Å². The largest absolute Gasteiger partial charge is 0.395 e. The number of pyridine rings is 1. The number of benzene rings is 1. The van der Waals surface area contributed by atoms with Gasteiger partial charge in [0, 0.05) is 45.6 Å². The number of aromatic nitrogens is 1. The Bertz CT molecular complexity index is 800. The maximum Gasteiger partial charge on any atom is 0.229 e. The van der Waals surface area contributed by atoms with Crippen LogP contribution < -0.4 is 0 Å². The predicted molar refractivity (Wildman–Crippen MR) is 108 cm³/mol. The van der Waals surface area contributed by atoms with E-state index < -0.39 is 5.92 Å². The third kappa shape index (κ3) is 4.99. The Morgan fingerprint density at radius 3 is 2.72 bits per heavy atom. The van der Waals surface area contributed by atoms with Crippen molar-refractivity contribution in [1.29, 1.82) is 0 Å². The van der Waals surface area contributed by atoms with Crippen molar-refractivity contribution in [2.75, 3.05) is 33.4 Å². The SMILES string of the molecule is COCCN1C(=O)C[C@@H](C(=O)N(CCO)Cc2cccnc2)[C@@H]1c1ccccc1. The summed E-state index contributed by atoms with van der Waals surface area (Å²) in [4.78, 5) is 33.7. The minimum Gasteiger partial charge on any atom is -0.395 e. The molecule has 154 valence electrons. The highest BCUT2D eigenvalue weighted by Gasteiger charge is 2.45. The molecule has 0 spiro atoms. The summed E-state index contributed by atoms with van der Waals surface area (Å²) in [5.41, 5.74) is 1.81. The first-order valence-corrected chi connectivity index (χ1v) is 9.77. The Morgan fingerprint density at radius 1 is 1.28 bits per heavy atom. The van der Waals surface area contributed by atoms with Crippen LogP contribution in [0.3, 0.4) is 0 Å². The third-order valence-electron chi connectivity index (χ3n) is 5.20. The number of aliphatic hydroxyl groups is 1. The molecule has 29 heavy (non-hydrogen) atoms. The number of hydrogen-bond donors (Lipinski definition) is 1. The van der Waals surface area contributed by atoms with Crippen molar-refractivity contribution in [3.05, 3.63) is 66.0 Å². The fraction of sp³-hybridized carbons (Fsp3) is 0.409. The Balaban J connectivity index is 1.88. The second-order valence-corrected chi connectivity index (χ2v) is 7.09. The van der Waals surface area contributed by atoms with Crippen molar-refractivity contribution in [3.8, 4) is 0 Å². The molecule has 2 atom stereocenters. The molecule has 0 aliphatic carbocycles. The summed E-state index contributed by atoms with van der Waals surface area (Å²) < 4.78 is 5.17. The molecule has 3 rings (SSSR count). The molecule has 1 fully saturated rings. The Kier molecular flexibility index (Phi) is 7.32. The van der Waals surface area contributed by atoms with E-state index in [-0.39, 0.29) is 37.4 Å². The van der Waals surface area contributed by atoms with Crippen molar-refractivity contribution in [1.82, 2.24) is 14.8 Å². The fourth-order valence-corrected chi connectivity index (χ4v) is 3.86. The summed E-state index contributed by atoms with van der Waals surface area (Å²) in [6.45, 7) is 1.25. The van der Waals surface area contributed by atoms with E-state index in [0.717, 1.165) is 11.1 Å². The molecule has 0 bridgehead atoms. The average Bonchev–Trinajstić information content (AvgIpc) is 3.09. The molecule has 1 N–H and O–H groups in total. The van der Waals surface area contributed by atoms with Crippen LogP contribution in [0.2, 0.25) is 0 Å². The Morgan fingerprint density at radius 2 is 2.07 bits per heavy atom. The van der Waals surface area contributed by atoms with Gasteiger partial charge in [-0.1, -0.05) is 36.4 Å². The van der Waals surface area contributed by atoms with Gasteiger partial charge in [0.2, 0.25) is 11.8 Å². The van der Waals surface area contributed by atoms with E-state index in [1.807, 2.05) is 42.5 Å². The van der Waals surface area contributed by atoms with E-state index in [4.69, 9.17) is 4.74 Å². The number of carbonyl (C=O) groups is 2. The van der Waals surface area contributed by atoms with Crippen LogP contribution in [0.15, 0.2) is 54.9 Å². The van der Waals surface area contributed by atoms with Gasteiger partial charge in [-0.05, 0) is 17.2 Å². The summed E-state index contributed by atoms with van der Waals surface area (Å²) >= 11 is 0. The average molecular weight is 397 g/mol. The number of likely N-dealkylation sites (tertiary alicyclic amines) is 1. The van der Waals surface area contributed by atoms with E-state index in [1.165, 1.54) is 0 Å². The second-order valence-electron chi connectivity index (χ2n) is 7.09. The second kappa shape index (κ2) is 10.1. The molecule has 2 aromatic rings. The first-order chi connectivity index (χ1) is 14.2. The molecule has 0 radical (unpaired) electrons. The predicted octanol–water partition coefficient (Wildman–Crippen LogP) is 1.64. The molecule has 0 unspecified atom stereocenters. The van der Waals surface area contributed by atoms with E-state index >= 15 is 0 Å². The number of ether oxygens (including phenoxy) is 1. The van der Waals surface area contributed by atoms with Gasteiger partial charge in [-0.2, -0.15) is 0 Å². The molecular weight excluding hydrogens is 370 g/mol. The molecule has 7 nitrogen and oxygen atoms in total. The lowest BCUT2D eigenvalue weighted by Crippen LogP contribution is -2.40. The van der Waals surface area contributed by atoms with Gasteiger partial charge < -0.3 is 19.6 Å². The lowest BCUT2D eigenvalue weighted by molar-refractivity contribution is -0.137. The third-order valence-corrected chi connectivity index (χ3v) is 5.20. The standard InChI is InChI=1S/C22H27N3O4/c1-29-13-11-25-20(27)14-19(21(25)18-7-3-2-4-8-18)22(28)24(10-12-26)16-17-6-5-9-23-15-17/h2-9,15,19,21,26H,10-14,16H2,1H3/t19-,21+/m1/s1. The topological polar surface area (TPSA) is 83.0 Å². The van der Waals surface area contributed by atoms with Crippen molar-refractivity contribution in [2.45, 2.75) is 19.0 Å². The molecule has 0 saturated carbocycles. The maximum atomic E-state index is 13.5. The van der Waals surface area contributed by atoms with Gasteiger partial charge in [0.25, 0.3) is 0 Å². The van der Waals surface area contributed by atoms with Gasteiger partial charge >= 0.3 is 0 Å². The first kappa shape index (κ1) is 21.0. The molecule has 1 aromatic carbocycles. The molecule has 2 amide bonds. The van der Waals surface area contributed by atoms with Crippen molar-refractivity contribution in [2.24, 2.45) is 5.92 Å². The summed E-state index contributed by atoms with van der Waals surface area (Å²) in [7, 11) is 1.59. The van der Waals surface area contributed by atoms with Crippen LogP contribution in [0, 0.1) is 5.92 Å². The van der Waals surface area contributed by atoms with Crippen molar-refractivity contribution >= 4 is 11.8 Å². The Hall–Kier alpha value is -2.77. The van der Waals surface area contributed by atoms with Crippen LogP contribution >= 0.6 is 0 Å². The zero-order chi connectivity index (χ0) is 20.6. The van der Waals surface area contributed by atoms with E-state index in [1.54, 1.807) is 29.3 Å². The number of methoxy groups -OCH3 is 1. The van der Waals surface area contributed by atoms with Crippen LogP contribution in [-0.2, 0) is 20.9 Å². The number of carbonyl (C=O) groups excluding carboxylic acids is 2. The lowest BCUT2D eigenvalue weighted by atomic mass is 9.92. The van der Waals surface area contributed by atoms with Gasteiger partial charge in [-0.3, -0.25) is 14.6 Å². The molecule has 7 heteroatoms. The monoisotopic (exact) mass is 397 g/mol. The quantitative estimate of drug-likeness (QED) is 0.696. The number of rotatable bonds is 9. The van der Waals surface area contributed by atoms with Crippen molar-refractivity contribution in [3.63, 3.8) is 0 Å². The highest BCUT2D eigenvalue weighted by Crippen LogP contribution is 2.39. The lowest BCUT2D eigenvalue weighted by Gasteiger charge is -2.31. The van der Waals surface area contributed by atoms with Crippen LogP contribution in [0.1, 0.15) is 23.6 Å². The minimum absolute atomic E-state index is 0.0559. The minimum atomic E-state index is -0.509. The van der Waals surface area contributed by atoms with E-state index in [2.05, 4.69) is 4.98 Å². The molecule has 1 aliphatic rings. The number of aliphatic hydroxyl groups excluding tert-OH is 1. The first-order valence-electron chi connectivity index (χ1n) is 9.77. The molecule has 1 saturated heterocycles. The van der Waals surface area contributed by atoms with Gasteiger partial charge in [-0.15, -0.1) is 0 Å². The van der Waals surface area contributed by atoms with E-state index in [9.17, 15) is 14.7 Å². The number of amides is 2. The van der Waals surface area contributed by atoms with Crippen LogP contribution in [0.5, 0.6) is 0 Å². The maximum absolute atomic E-state index is 13.5. The van der Waals surface area contributed by atoms with Gasteiger partial charge in [0.05, 0.1) is 25.2 Å². The summed E-state index contributed by atoms with van der Waals surface area (Å²) in [6, 6.07) is 13.0. The molecular formula is C22H27N3O4. The zero-order valence-corrected chi connectivity index (χ0v) is 16.6. The Labute approximate surface area is 170 Å². The summed E-state index contributed by atoms with van der Waals surface area (Å²) in [5.74, 6) is -0.699. The van der Waals surface area contributed by atoms with Gasteiger partial charge in [-0.25, -0.2) is 0 Å². The number of hydrogen-bond acceptors (Lipinski definition) is 5. The van der Waals surface area contributed by atoms with Crippen LogP contribution in [0.4, 0.5) is 0 Å². The highest BCUT2D eigenvalue weighted by molar-refractivity contribution is 5.90. The summed E-state index contributed by atoms with van der Waals surface area (Å²) in [5, 5.41) is 9.51. The van der Waals surface area contributed by atoms with Crippen molar-refractivity contribution < 1.29 is 19.4 Å². The van der Waals surface area contributed by atoms with Gasteiger partial charge in [0.1, 0.15) is 0 Å². The normalized spacial score (nSPS) is 18.8. The molecule has 1 aromatic heterocycles. The highest BCUT2D eigenvalue weighted by atomic mass is 16.5. The smallest absolute Gasteiger partial charge is 0.229 e. The molecule has 1 aliphatic heterocycles. The molecule has 2 heterocycles. The van der Waals surface area contributed by atoms with Gasteiger partial charge in [0.15, 0.2) is 0 Å². The van der Waals surface area contributed by atoms with Crippen LogP contribution in [0.25, 0.3) is 0 Å². The summed E-state index contributed by atoms with van der Waals surface area (Å²) in [6.07, 6.45) is 3.53. The number of nitrogens with zero attached hydrogens (tertiary/aromatic N) is 3. The fourth-order valence-electron chi connectivity index (χ4n) is 3.86. The van der Waals surface area contributed by atoms with Crippen LogP contribution in [-0.4, -0.2) is 65.1 Å². The zero-order valence-electron chi connectivity index (χ0n) is 16.6.